The van der Waals surface area contributed by atoms with Crippen molar-refractivity contribution in [1.29, 1.82) is 0 Å². The number of carbonyl (C=O) groups excluding carboxylic acids is 1. The second-order valence-electron chi connectivity index (χ2n) is 5.49. The maximum Gasteiger partial charge on any atom is 0.224 e. The number of carbonyl (C=O) groups is 1. The topological polar surface area (TPSA) is 45.2 Å². The Kier molecular flexibility index (Phi) is 4.32. The van der Waals surface area contributed by atoms with Crippen LogP contribution in [-0.2, 0) is 11.2 Å². The van der Waals surface area contributed by atoms with E-state index in [-0.39, 0.29) is 24.2 Å². The molecule has 3 rings (SSSR count). The molecule has 1 amide bonds. The van der Waals surface area contributed by atoms with E-state index in [9.17, 15) is 9.18 Å². The minimum Gasteiger partial charge on any atom is -0.354 e. The summed E-state index contributed by atoms with van der Waals surface area (Å²) in [5.74, 6) is 0.628. The van der Waals surface area contributed by atoms with Crippen molar-refractivity contribution in [1.82, 2.24) is 10.3 Å². The summed E-state index contributed by atoms with van der Waals surface area (Å²) in [7, 11) is 0. The number of nitrogens with zero attached hydrogens (tertiary/aromatic N) is 2. The van der Waals surface area contributed by atoms with Gasteiger partial charge in [0.1, 0.15) is 11.6 Å². The van der Waals surface area contributed by atoms with Crippen molar-refractivity contribution >= 4 is 11.7 Å². The van der Waals surface area contributed by atoms with Crippen LogP contribution in [0.2, 0.25) is 0 Å². The molecule has 1 aliphatic heterocycles. The Bertz CT molecular complexity index is 630. The largest absolute Gasteiger partial charge is 0.354 e. The first kappa shape index (κ1) is 14.5. The van der Waals surface area contributed by atoms with Crippen molar-refractivity contribution in [2.75, 3.05) is 18.0 Å². The average Bonchev–Trinajstić information content (AvgIpc) is 2.99. The van der Waals surface area contributed by atoms with Gasteiger partial charge in [0.15, 0.2) is 0 Å². The molecule has 1 aliphatic rings. The molecular weight excluding hydrogens is 281 g/mol. The summed E-state index contributed by atoms with van der Waals surface area (Å²) in [5, 5.41) is 3.04. The van der Waals surface area contributed by atoms with Gasteiger partial charge in [0.05, 0.1) is 6.42 Å². The number of halogens is 1. The second-order valence-corrected chi connectivity index (χ2v) is 5.49. The van der Waals surface area contributed by atoms with Gasteiger partial charge in [-0.15, -0.1) is 0 Å². The zero-order chi connectivity index (χ0) is 15.4. The average molecular weight is 299 g/mol. The molecule has 0 bridgehead atoms. The minimum absolute atomic E-state index is 0.0283. The van der Waals surface area contributed by atoms with E-state index in [0.29, 0.717) is 0 Å². The van der Waals surface area contributed by atoms with Crippen molar-refractivity contribution < 1.29 is 9.18 Å². The molecule has 2 aromatic rings. The molecule has 1 aromatic heterocycles. The number of benzene rings is 1. The molecular formula is C17H18FN3O. The molecule has 0 saturated carbocycles. The molecule has 5 heteroatoms. The quantitative estimate of drug-likeness (QED) is 0.941. The molecule has 0 radical (unpaired) electrons. The van der Waals surface area contributed by atoms with Crippen molar-refractivity contribution in [3.05, 3.63) is 60.0 Å². The van der Waals surface area contributed by atoms with Gasteiger partial charge >= 0.3 is 0 Å². The van der Waals surface area contributed by atoms with Crippen LogP contribution in [0.4, 0.5) is 10.2 Å². The number of amides is 1. The van der Waals surface area contributed by atoms with Crippen molar-refractivity contribution in [2.45, 2.75) is 18.9 Å². The molecule has 2 heterocycles. The van der Waals surface area contributed by atoms with Crippen LogP contribution >= 0.6 is 0 Å². The second kappa shape index (κ2) is 6.56. The third kappa shape index (κ3) is 3.61. The predicted octanol–water partition coefficient (Wildman–Crippen LogP) is 2.16. The third-order valence-electron chi connectivity index (χ3n) is 3.80. The molecule has 1 atom stereocenters. The van der Waals surface area contributed by atoms with Crippen LogP contribution in [-0.4, -0.2) is 30.0 Å². The van der Waals surface area contributed by atoms with Crippen LogP contribution in [0.15, 0.2) is 48.7 Å². The zero-order valence-corrected chi connectivity index (χ0v) is 12.2. The molecule has 22 heavy (non-hydrogen) atoms. The van der Waals surface area contributed by atoms with Crippen molar-refractivity contribution in [2.24, 2.45) is 0 Å². The van der Waals surface area contributed by atoms with Crippen LogP contribution in [0.1, 0.15) is 12.0 Å². The summed E-state index contributed by atoms with van der Waals surface area (Å²) < 4.78 is 12.8. The van der Waals surface area contributed by atoms with E-state index in [0.717, 1.165) is 30.9 Å². The van der Waals surface area contributed by atoms with E-state index in [1.165, 1.54) is 12.1 Å². The standard InChI is InChI=1S/C17H18FN3O/c18-14-6-4-13(5-7-14)11-17(22)20-15-8-10-21(12-15)16-3-1-2-9-19-16/h1-7,9,15H,8,10-12H2,(H,20,22)/t15-/m0/s1. The number of aromatic nitrogens is 1. The molecule has 1 aromatic carbocycles. The summed E-state index contributed by atoms with van der Waals surface area (Å²) in [6.45, 7) is 1.66. The fourth-order valence-electron chi connectivity index (χ4n) is 2.69. The molecule has 4 nitrogen and oxygen atoms in total. The summed E-state index contributed by atoms with van der Waals surface area (Å²) >= 11 is 0. The summed E-state index contributed by atoms with van der Waals surface area (Å²) in [5.41, 5.74) is 0.818. The summed E-state index contributed by atoms with van der Waals surface area (Å²) in [6.07, 6.45) is 2.96. The Morgan fingerprint density at radius 1 is 1.27 bits per heavy atom. The predicted molar refractivity (Wildman–Crippen MR) is 83.1 cm³/mol. The van der Waals surface area contributed by atoms with E-state index in [1.807, 2.05) is 18.2 Å². The zero-order valence-electron chi connectivity index (χ0n) is 12.2. The summed E-state index contributed by atoms with van der Waals surface area (Å²) in [6, 6.07) is 12.0. The van der Waals surface area contributed by atoms with E-state index in [4.69, 9.17) is 0 Å². The highest BCUT2D eigenvalue weighted by molar-refractivity contribution is 5.79. The molecule has 1 fully saturated rings. The SMILES string of the molecule is O=C(Cc1ccc(F)cc1)N[C@H]1CCN(c2ccccn2)C1. The lowest BCUT2D eigenvalue weighted by Crippen LogP contribution is -2.38. The Morgan fingerprint density at radius 3 is 2.82 bits per heavy atom. The summed E-state index contributed by atoms with van der Waals surface area (Å²) in [4.78, 5) is 18.6. The lowest BCUT2D eigenvalue weighted by molar-refractivity contribution is -0.121. The highest BCUT2D eigenvalue weighted by Crippen LogP contribution is 2.17. The minimum atomic E-state index is -0.286. The van der Waals surface area contributed by atoms with Gasteiger partial charge in [-0.3, -0.25) is 4.79 Å². The molecule has 1 N–H and O–H groups in total. The number of pyridine rings is 1. The normalized spacial score (nSPS) is 17.5. The van der Waals surface area contributed by atoms with Gasteiger partial charge in [-0.1, -0.05) is 18.2 Å². The van der Waals surface area contributed by atoms with Gasteiger partial charge < -0.3 is 10.2 Å². The lowest BCUT2D eigenvalue weighted by atomic mass is 10.1. The lowest BCUT2D eigenvalue weighted by Gasteiger charge is -2.17. The molecule has 1 saturated heterocycles. The fraction of sp³-hybridized carbons (Fsp3) is 0.294. The Hall–Kier alpha value is -2.43. The highest BCUT2D eigenvalue weighted by atomic mass is 19.1. The number of hydrogen-bond acceptors (Lipinski definition) is 3. The van der Waals surface area contributed by atoms with Crippen LogP contribution in [0.3, 0.4) is 0 Å². The van der Waals surface area contributed by atoms with Gasteiger partial charge in [-0.25, -0.2) is 9.37 Å². The maximum absolute atomic E-state index is 12.8. The van der Waals surface area contributed by atoms with Crippen LogP contribution in [0.5, 0.6) is 0 Å². The monoisotopic (exact) mass is 299 g/mol. The first-order valence-electron chi connectivity index (χ1n) is 7.40. The number of anilines is 1. The Labute approximate surface area is 129 Å². The van der Waals surface area contributed by atoms with E-state index >= 15 is 0 Å². The maximum atomic E-state index is 12.8. The van der Waals surface area contributed by atoms with Gasteiger partial charge in [-0.2, -0.15) is 0 Å². The Morgan fingerprint density at radius 2 is 2.09 bits per heavy atom. The van der Waals surface area contributed by atoms with E-state index < -0.39 is 0 Å². The van der Waals surface area contributed by atoms with Gasteiger partial charge in [-0.05, 0) is 36.2 Å². The molecule has 114 valence electrons. The molecule has 0 spiro atoms. The van der Waals surface area contributed by atoms with Gasteiger partial charge in [0.25, 0.3) is 0 Å². The van der Waals surface area contributed by atoms with Gasteiger partial charge in [0, 0.05) is 25.3 Å². The molecule has 0 unspecified atom stereocenters. The first-order valence-corrected chi connectivity index (χ1v) is 7.40. The third-order valence-corrected chi connectivity index (χ3v) is 3.80. The van der Waals surface area contributed by atoms with E-state index in [2.05, 4.69) is 15.2 Å². The van der Waals surface area contributed by atoms with Gasteiger partial charge in [0.2, 0.25) is 5.91 Å². The first-order chi connectivity index (χ1) is 10.7. The van der Waals surface area contributed by atoms with Crippen LogP contribution in [0, 0.1) is 5.82 Å². The van der Waals surface area contributed by atoms with Crippen LogP contribution < -0.4 is 10.2 Å². The molecule has 0 aliphatic carbocycles. The number of rotatable bonds is 4. The van der Waals surface area contributed by atoms with Crippen molar-refractivity contribution in [3.8, 4) is 0 Å². The van der Waals surface area contributed by atoms with E-state index in [1.54, 1.807) is 18.3 Å². The Balaban J connectivity index is 1.51. The number of nitrogens with one attached hydrogen (secondary N) is 1. The fourth-order valence-corrected chi connectivity index (χ4v) is 2.69. The number of hydrogen-bond donors (Lipinski definition) is 1. The smallest absolute Gasteiger partial charge is 0.224 e. The highest BCUT2D eigenvalue weighted by Gasteiger charge is 2.24. The van der Waals surface area contributed by atoms with Crippen molar-refractivity contribution in [3.63, 3.8) is 0 Å². The van der Waals surface area contributed by atoms with Crippen LogP contribution in [0.25, 0.3) is 0 Å².